The molecule has 0 aliphatic heterocycles. The normalized spacial score (nSPS) is 16.7. The van der Waals surface area contributed by atoms with Crippen LogP contribution in [0.2, 0.25) is 0 Å². The lowest BCUT2D eigenvalue weighted by molar-refractivity contribution is 0.1000. The van der Waals surface area contributed by atoms with Gasteiger partial charge in [-0.2, -0.15) is 0 Å². The highest BCUT2D eigenvalue weighted by Gasteiger charge is 2.28. The number of thiophene rings is 1. The van der Waals surface area contributed by atoms with Gasteiger partial charge in [0.15, 0.2) is 5.69 Å². The van der Waals surface area contributed by atoms with Gasteiger partial charge in [-0.05, 0) is 37.7 Å². The first kappa shape index (κ1) is 16.7. The number of amides is 2. The first-order valence-corrected chi connectivity index (χ1v) is 9.00. The Bertz CT molecular complexity index is 778. The molecule has 0 saturated heterocycles. The second-order valence-corrected chi connectivity index (χ2v) is 7.35. The van der Waals surface area contributed by atoms with Crippen molar-refractivity contribution < 1.29 is 14.1 Å². The fourth-order valence-electron chi connectivity index (χ4n) is 3.30. The van der Waals surface area contributed by atoms with Gasteiger partial charge in [0.25, 0.3) is 11.8 Å². The fourth-order valence-corrected chi connectivity index (χ4v) is 4.66. The number of aryl methyl sites for hydroxylation is 1. The molecule has 2 aromatic heterocycles. The molecule has 0 spiro atoms. The van der Waals surface area contributed by atoms with Crippen LogP contribution in [0.3, 0.4) is 0 Å². The van der Waals surface area contributed by atoms with E-state index in [-0.39, 0.29) is 5.69 Å². The number of rotatable bonds is 5. The molecule has 2 aromatic rings. The molecule has 3 N–H and O–H groups in total. The summed E-state index contributed by atoms with van der Waals surface area (Å²) in [6.07, 6.45) is 5.20. The van der Waals surface area contributed by atoms with E-state index >= 15 is 0 Å². The summed E-state index contributed by atoms with van der Waals surface area (Å²) in [5, 5.41) is 7.01. The predicted molar refractivity (Wildman–Crippen MR) is 92.5 cm³/mol. The molecular formula is C17H21N3O3S. The number of anilines is 1. The summed E-state index contributed by atoms with van der Waals surface area (Å²) in [6.45, 7) is 3.90. The smallest absolute Gasteiger partial charge is 0.278 e. The first-order chi connectivity index (χ1) is 11.5. The average Bonchev–Trinajstić information content (AvgIpc) is 3.10. The first-order valence-electron chi connectivity index (χ1n) is 8.18. The zero-order chi connectivity index (χ0) is 17.3. The summed E-state index contributed by atoms with van der Waals surface area (Å²) in [6, 6.07) is 1.56. The molecule has 0 radical (unpaired) electrons. The van der Waals surface area contributed by atoms with Crippen molar-refractivity contribution >= 4 is 28.2 Å². The largest absolute Gasteiger partial charge is 0.365 e. The molecule has 6 nitrogen and oxygen atoms in total. The molecule has 1 aliphatic rings. The van der Waals surface area contributed by atoms with Gasteiger partial charge in [0, 0.05) is 10.9 Å². The van der Waals surface area contributed by atoms with E-state index in [1.165, 1.54) is 22.6 Å². The van der Waals surface area contributed by atoms with Crippen LogP contribution in [0.4, 0.5) is 5.00 Å². The van der Waals surface area contributed by atoms with E-state index in [2.05, 4.69) is 17.4 Å². The number of nitrogens with two attached hydrogens (primary N) is 1. The maximum Gasteiger partial charge on any atom is 0.278 e. The van der Waals surface area contributed by atoms with E-state index in [1.54, 1.807) is 13.0 Å². The summed E-state index contributed by atoms with van der Waals surface area (Å²) < 4.78 is 4.92. The highest BCUT2D eigenvalue weighted by molar-refractivity contribution is 7.17. The Hall–Kier alpha value is -2.15. The van der Waals surface area contributed by atoms with Gasteiger partial charge < -0.3 is 15.6 Å². The Morgan fingerprint density at radius 1 is 1.50 bits per heavy atom. The van der Waals surface area contributed by atoms with Gasteiger partial charge in [-0.1, -0.05) is 24.9 Å². The van der Waals surface area contributed by atoms with E-state index in [0.29, 0.717) is 22.2 Å². The SMILES string of the molecule is CCCC1CCc2c(sc(NC(=O)c3cc(C)on3)c2C(N)=O)C1. The quantitative estimate of drug-likeness (QED) is 0.867. The number of nitrogens with zero attached hydrogens (tertiary/aromatic N) is 1. The molecule has 1 atom stereocenters. The molecule has 3 rings (SSSR count). The van der Waals surface area contributed by atoms with Crippen molar-refractivity contribution in [2.24, 2.45) is 11.7 Å². The summed E-state index contributed by atoms with van der Waals surface area (Å²) in [4.78, 5) is 25.4. The van der Waals surface area contributed by atoms with Crippen molar-refractivity contribution in [1.82, 2.24) is 5.16 Å². The maximum absolute atomic E-state index is 12.3. The van der Waals surface area contributed by atoms with Crippen LogP contribution < -0.4 is 11.1 Å². The number of carbonyl (C=O) groups excluding carboxylic acids is 2. The maximum atomic E-state index is 12.3. The predicted octanol–water partition coefficient (Wildman–Crippen LogP) is 3.30. The van der Waals surface area contributed by atoms with Gasteiger partial charge in [0.1, 0.15) is 10.8 Å². The molecular weight excluding hydrogens is 326 g/mol. The highest BCUT2D eigenvalue weighted by Crippen LogP contribution is 2.40. The Labute approximate surface area is 144 Å². The number of nitrogens with one attached hydrogen (secondary N) is 1. The van der Waals surface area contributed by atoms with Gasteiger partial charge in [-0.25, -0.2) is 0 Å². The lowest BCUT2D eigenvalue weighted by Crippen LogP contribution is -2.20. The van der Waals surface area contributed by atoms with Crippen molar-refractivity contribution in [2.45, 2.75) is 46.0 Å². The van der Waals surface area contributed by atoms with Gasteiger partial charge in [-0.15, -0.1) is 11.3 Å². The number of fused-ring (bicyclic) bond motifs is 1. The summed E-state index contributed by atoms with van der Waals surface area (Å²) >= 11 is 1.46. The minimum absolute atomic E-state index is 0.193. The molecule has 24 heavy (non-hydrogen) atoms. The topological polar surface area (TPSA) is 98.2 Å². The Morgan fingerprint density at radius 2 is 2.29 bits per heavy atom. The standard InChI is InChI=1S/C17H21N3O3S/c1-3-4-10-5-6-11-13(8-10)24-17(14(11)15(18)21)19-16(22)12-7-9(2)23-20-12/h7,10H,3-6,8H2,1-2H3,(H2,18,21)(H,19,22). The Morgan fingerprint density at radius 3 is 2.92 bits per heavy atom. The van der Waals surface area contributed by atoms with Crippen LogP contribution in [-0.2, 0) is 12.8 Å². The minimum atomic E-state index is -0.493. The third kappa shape index (κ3) is 3.21. The molecule has 2 heterocycles. The second-order valence-electron chi connectivity index (χ2n) is 6.25. The fraction of sp³-hybridized carbons (Fsp3) is 0.471. The molecule has 128 valence electrons. The molecule has 1 unspecified atom stereocenters. The highest BCUT2D eigenvalue weighted by atomic mass is 32.1. The zero-order valence-electron chi connectivity index (χ0n) is 13.8. The molecule has 0 fully saturated rings. The molecule has 0 bridgehead atoms. The average molecular weight is 347 g/mol. The molecule has 7 heteroatoms. The molecule has 2 amide bonds. The van der Waals surface area contributed by atoms with Crippen LogP contribution in [0.25, 0.3) is 0 Å². The summed E-state index contributed by atoms with van der Waals surface area (Å²) in [5.41, 5.74) is 7.23. The van der Waals surface area contributed by atoms with Gasteiger partial charge in [0.05, 0.1) is 5.56 Å². The van der Waals surface area contributed by atoms with E-state index in [1.807, 2.05) is 0 Å². The van der Waals surface area contributed by atoms with Crippen LogP contribution in [0.15, 0.2) is 10.6 Å². The number of primary amides is 1. The van der Waals surface area contributed by atoms with Crippen molar-refractivity contribution in [3.8, 4) is 0 Å². The summed E-state index contributed by atoms with van der Waals surface area (Å²) in [5.74, 6) is 0.318. The third-order valence-corrected chi connectivity index (χ3v) is 5.57. The van der Waals surface area contributed by atoms with Crippen molar-refractivity contribution in [1.29, 1.82) is 0 Å². The minimum Gasteiger partial charge on any atom is -0.365 e. The number of aromatic nitrogens is 1. The molecule has 1 aliphatic carbocycles. The van der Waals surface area contributed by atoms with Gasteiger partial charge in [-0.3, -0.25) is 9.59 Å². The van der Waals surface area contributed by atoms with Gasteiger partial charge >= 0.3 is 0 Å². The molecule has 0 saturated carbocycles. The van der Waals surface area contributed by atoms with E-state index in [0.717, 1.165) is 31.2 Å². The van der Waals surface area contributed by atoms with Crippen molar-refractivity contribution in [3.63, 3.8) is 0 Å². The van der Waals surface area contributed by atoms with Crippen LogP contribution in [0, 0.1) is 12.8 Å². The van der Waals surface area contributed by atoms with Crippen LogP contribution in [0.1, 0.15) is 63.2 Å². The van der Waals surface area contributed by atoms with Crippen molar-refractivity contribution in [2.75, 3.05) is 5.32 Å². The second kappa shape index (κ2) is 6.76. The number of carbonyl (C=O) groups is 2. The van der Waals surface area contributed by atoms with Crippen LogP contribution in [0.5, 0.6) is 0 Å². The monoisotopic (exact) mass is 347 g/mol. The lowest BCUT2D eigenvalue weighted by atomic mass is 9.84. The van der Waals surface area contributed by atoms with Crippen LogP contribution >= 0.6 is 11.3 Å². The van der Waals surface area contributed by atoms with Crippen molar-refractivity contribution in [3.05, 3.63) is 33.5 Å². The number of hydrogen-bond acceptors (Lipinski definition) is 5. The number of hydrogen-bond donors (Lipinski definition) is 2. The van der Waals surface area contributed by atoms with Gasteiger partial charge in [0.2, 0.25) is 0 Å². The van der Waals surface area contributed by atoms with E-state index in [9.17, 15) is 9.59 Å². The van der Waals surface area contributed by atoms with Crippen LogP contribution in [-0.4, -0.2) is 17.0 Å². The van der Waals surface area contributed by atoms with E-state index in [4.69, 9.17) is 10.3 Å². The Balaban J connectivity index is 1.88. The Kier molecular flexibility index (Phi) is 4.71. The lowest BCUT2D eigenvalue weighted by Gasteiger charge is -2.21. The van der Waals surface area contributed by atoms with E-state index < -0.39 is 11.8 Å². The summed E-state index contributed by atoms with van der Waals surface area (Å²) in [7, 11) is 0. The third-order valence-electron chi connectivity index (χ3n) is 4.40. The molecule has 0 aromatic carbocycles. The zero-order valence-corrected chi connectivity index (χ0v) is 14.7.